The molecule has 2 rings (SSSR count). The molecule has 134 valence electrons. The van der Waals surface area contributed by atoms with E-state index < -0.39 is 10.0 Å². The van der Waals surface area contributed by atoms with E-state index >= 15 is 0 Å². The summed E-state index contributed by atoms with van der Waals surface area (Å²) < 4.78 is 27.3. The number of amides is 1. The Kier molecular flexibility index (Phi) is 5.87. The molecule has 25 heavy (non-hydrogen) atoms. The molecule has 0 heterocycles. The third kappa shape index (κ3) is 5.56. The average molecular weight is 381 g/mol. The minimum absolute atomic E-state index is 0.0897. The van der Waals surface area contributed by atoms with E-state index in [9.17, 15) is 13.2 Å². The van der Waals surface area contributed by atoms with Gasteiger partial charge in [0.1, 0.15) is 0 Å². The summed E-state index contributed by atoms with van der Waals surface area (Å²) >= 11 is 6.03. The van der Waals surface area contributed by atoms with E-state index in [4.69, 9.17) is 11.6 Å². The van der Waals surface area contributed by atoms with Gasteiger partial charge in [0.05, 0.1) is 4.90 Å². The summed E-state index contributed by atoms with van der Waals surface area (Å²) in [5.41, 5.74) is 0.729. The van der Waals surface area contributed by atoms with Crippen LogP contribution in [0.25, 0.3) is 0 Å². The molecular formula is C18H21ClN2O3S. The largest absolute Gasteiger partial charge is 0.347 e. The number of hydrogen-bond donors (Lipinski definition) is 2. The highest BCUT2D eigenvalue weighted by Crippen LogP contribution is 2.16. The highest BCUT2D eigenvalue weighted by atomic mass is 35.5. The van der Waals surface area contributed by atoms with Crippen molar-refractivity contribution in [2.45, 2.75) is 37.8 Å². The zero-order valence-corrected chi connectivity index (χ0v) is 15.9. The maximum Gasteiger partial charge on any atom is 0.251 e. The van der Waals surface area contributed by atoms with Gasteiger partial charge in [0.25, 0.3) is 5.91 Å². The molecule has 0 spiro atoms. The Morgan fingerprint density at radius 3 is 2.20 bits per heavy atom. The third-order valence-corrected chi connectivity index (χ3v) is 5.11. The van der Waals surface area contributed by atoms with Crippen LogP contribution in [0.5, 0.6) is 0 Å². The van der Waals surface area contributed by atoms with Crippen LogP contribution in [0.1, 0.15) is 36.7 Å². The normalized spacial score (nSPS) is 12.0. The fourth-order valence-electron chi connectivity index (χ4n) is 2.10. The molecule has 2 aromatic carbocycles. The molecule has 0 atom stereocenters. The zero-order valence-electron chi connectivity index (χ0n) is 14.3. The van der Waals surface area contributed by atoms with Crippen molar-refractivity contribution in [1.29, 1.82) is 0 Å². The van der Waals surface area contributed by atoms with Gasteiger partial charge in [-0.3, -0.25) is 4.79 Å². The SMILES string of the molecule is CC(C)(C)NC(=O)c1ccc(S(=O)(=O)NCc2ccccc2Cl)cc1. The van der Waals surface area contributed by atoms with Crippen molar-refractivity contribution in [3.05, 3.63) is 64.7 Å². The Morgan fingerprint density at radius 1 is 1.04 bits per heavy atom. The van der Waals surface area contributed by atoms with E-state index in [-0.39, 0.29) is 22.9 Å². The van der Waals surface area contributed by atoms with Gasteiger partial charge >= 0.3 is 0 Å². The van der Waals surface area contributed by atoms with Crippen LogP contribution < -0.4 is 10.0 Å². The molecule has 0 aliphatic carbocycles. The Bertz CT molecular complexity index is 857. The van der Waals surface area contributed by atoms with Gasteiger partial charge in [0.15, 0.2) is 0 Å². The highest BCUT2D eigenvalue weighted by molar-refractivity contribution is 7.89. The van der Waals surface area contributed by atoms with Crippen LogP contribution in [0.4, 0.5) is 0 Å². The van der Waals surface area contributed by atoms with Crippen LogP contribution in [0.15, 0.2) is 53.4 Å². The fourth-order valence-corrected chi connectivity index (χ4v) is 3.31. The second kappa shape index (κ2) is 7.56. The number of sulfonamides is 1. The first-order valence-corrected chi connectivity index (χ1v) is 9.60. The van der Waals surface area contributed by atoms with Crippen molar-refractivity contribution in [2.75, 3.05) is 0 Å². The van der Waals surface area contributed by atoms with E-state index in [1.165, 1.54) is 24.3 Å². The van der Waals surface area contributed by atoms with Crippen LogP contribution in [0.2, 0.25) is 5.02 Å². The van der Waals surface area contributed by atoms with Crippen LogP contribution >= 0.6 is 11.6 Å². The van der Waals surface area contributed by atoms with E-state index in [2.05, 4.69) is 10.0 Å². The summed E-state index contributed by atoms with van der Waals surface area (Å²) in [6, 6.07) is 12.8. The Hall–Kier alpha value is -1.89. The topological polar surface area (TPSA) is 75.3 Å². The van der Waals surface area contributed by atoms with Crippen LogP contribution in [-0.2, 0) is 16.6 Å². The minimum atomic E-state index is -3.69. The molecule has 0 fully saturated rings. The predicted molar refractivity (Wildman–Crippen MR) is 99.1 cm³/mol. The molecule has 0 aliphatic rings. The number of rotatable bonds is 5. The second-order valence-electron chi connectivity index (χ2n) is 6.64. The van der Waals surface area contributed by atoms with Crippen LogP contribution in [-0.4, -0.2) is 19.9 Å². The van der Waals surface area contributed by atoms with Crippen molar-refractivity contribution >= 4 is 27.5 Å². The van der Waals surface area contributed by atoms with Crippen molar-refractivity contribution in [3.63, 3.8) is 0 Å². The zero-order chi connectivity index (χ0) is 18.7. The lowest BCUT2D eigenvalue weighted by Crippen LogP contribution is -2.40. The molecule has 0 saturated heterocycles. The Labute approximate surface area is 153 Å². The Balaban J connectivity index is 2.10. The van der Waals surface area contributed by atoms with Gasteiger partial charge in [-0.2, -0.15) is 0 Å². The minimum Gasteiger partial charge on any atom is -0.347 e. The number of carbonyl (C=O) groups excluding carboxylic acids is 1. The summed E-state index contributed by atoms with van der Waals surface area (Å²) in [7, 11) is -3.69. The number of benzene rings is 2. The van der Waals surface area contributed by atoms with Crippen LogP contribution in [0.3, 0.4) is 0 Å². The maximum absolute atomic E-state index is 12.4. The number of hydrogen-bond acceptors (Lipinski definition) is 3. The van der Waals surface area contributed by atoms with E-state index in [0.29, 0.717) is 16.1 Å². The third-order valence-electron chi connectivity index (χ3n) is 3.33. The predicted octanol–water partition coefficient (Wildman–Crippen LogP) is 3.35. The Morgan fingerprint density at radius 2 is 1.64 bits per heavy atom. The molecule has 0 radical (unpaired) electrons. The van der Waals surface area contributed by atoms with E-state index in [1.807, 2.05) is 20.8 Å². The molecule has 0 aromatic heterocycles. The van der Waals surface area contributed by atoms with Gasteiger partial charge in [0, 0.05) is 22.7 Å². The molecule has 1 amide bonds. The number of nitrogens with one attached hydrogen (secondary N) is 2. The second-order valence-corrected chi connectivity index (χ2v) is 8.82. The fraction of sp³-hybridized carbons (Fsp3) is 0.278. The number of halogens is 1. The molecule has 0 unspecified atom stereocenters. The first-order chi connectivity index (χ1) is 11.6. The first kappa shape index (κ1) is 19.4. The van der Waals surface area contributed by atoms with E-state index in [1.54, 1.807) is 24.3 Å². The molecular weight excluding hydrogens is 360 g/mol. The monoisotopic (exact) mass is 380 g/mol. The van der Waals surface area contributed by atoms with Crippen molar-refractivity contribution in [1.82, 2.24) is 10.0 Å². The van der Waals surface area contributed by atoms with Gasteiger partial charge in [0.2, 0.25) is 10.0 Å². The lowest BCUT2D eigenvalue weighted by atomic mass is 10.1. The molecule has 2 N–H and O–H groups in total. The summed E-state index contributed by atoms with van der Waals surface area (Å²) in [6.07, 6.45) is 0. The lowest BCUT2D eigenvalue weighted by Gasteiger charge is -2.20. The van der Waals surface area contributed by atoms with Crippen LogP contribution in [0, 0.1) is 0 Å². The summed E-state index contributed by atoms with van der Waals surface area (Å²) in [5.74, 6) is -0.250. The van der Waals surface area contributed by atoms with Crippen molar-refractivity contribution in [2.24, 2.45) is 0 Å². The summed E-state index contributed by atoms with van der Waals surface area (Å²) in [6.45, 7) is 5.72. The molecule has 0 saturated carbocycles. The molecule has 7 heteroatoms. The molecule has 2 aromatic rings. The first-order valence-electron chi connectivity index (χ1n) is 7.74. The molecule has 0 bridgehead atoms. The lowest BCUT2D eigenvalue weighted by molar-refractivity contribution is 0.0919. The molecule has 0 aliphatic heterocycles. The van der Waals surface area contributed by atoms with Gasteiger partial charge in [-0.05, 0) is 56.7 Å². The van der Waals surface area contributed by atoms with Gasteiger partial charge in [-0.25, -0.2) is 13.1 Å². The van der Waals surface area contributed by atoms with Crippen molar-refractivity contribution < 1.29 is 13.2 Å². The smallest absolute Gasteiger partial charge is 0.251 e. The standard InChI is InChI=1S/C18H21ClN2O3S/c1-18(2,3)21-17(22)13-8-10-15(11-9-13)25(23,24)20-12-14-6-4-5-7-16(14)19/h4-11,20H,12H2,1-3H3,(H,21,22). The molecule has 5 nitrogen and oxygen atoms in total. The maximum atomic E-state index is 12.4. The van der Waals surface area contributed by atoms with E-state index in [0.717, 1.165) is 0 Å². The number of carbonyl (C=O) groups is 1. The van der Waals surface area contributed by atoms with Crippen molar-refractivity contribution in [3.8, 4) is 0 Å². The average Bonchev–Trinajstić information content (AvgIpc) is 2.53. The van der Waals surface area contributed by atoms with Gasteiger partial charge in [-0.15, -0.1) is 0 Å². The quantitative estimate of drug-likeness (QED) is 0.835. The van der Waals surface area contributed by atoms with Gasteiger partial charge < -0.3 is 5.32 Å². The summed E-state index contributed by atoms with van der Waals surface area (Å²) in [4.78, 5) is 12.2. The van der Waals surface area contributed by atoms with Gasteiger partial charge in [-0.1, -0.05) is 29.8 Å². The summed E-state index contributed by atoms with van der Waals surface area (Å²) in [5, 5.41) is 3.33. The highest BCUT2D eigenvalue weighted by Gasteiger charge is 2.18.